The summed E-state index contributed by atoms with van der Waals surface area (Å²) in [6.07, 6.45) is 5.65. The van der Waals surface area contributed by atoms with E-state index in [2.05, 4.69) is 9.88 Å². The van der Waals surface area contributed by atoms with Crippen LogP contribution >= 0.6 is 11.3 Å². The molecule has 0 radical (unpaired) electrons. The molecule has 2 saturated carbocycles. The smallest absolute Gasteiger partial charge is 0.283 e. The standard InChI is InChI=1S/C16H23N3O2S/c1-10-14(20)17-15(22-10)16(21)19-6-4-18(5-7-19)13-9-11-2-3-12(13)8-11/h11-13,20H,2-9H2,1H3. The highest BCUT2D eigenvalue weighted by Gasteiger charge is 2.43. The lowest BCUT2D eigenvalue weighted by Crippen LogP contribution is -2.53. The highest BCUT2D eigenvalue weighted by molar-refractivity contribution is 7.13. The van der Waals surface area contributed by atoms with Gasteiger partial charge in [0.15, 0.2) is 5.01 Å². The van der Waals surface area contributed by atoms with Crippen LogP contribution in [-0.2, 0) is 0 Å². The maximum atomic E-state index is 12.5. The molecule has 1 aliphatic heterocycles. The van der Waals surface area contributed by atoms with E-state index in [0.29, 0.717) is 9.88 Å². The zero-order valence-electron chi connectivity index (χ0n) is 13.0. The summed E-state index contributed by atoms with van der Waals surface area (Å²) in [4.78, 5) is 21.7. The van der Waals surface area contributed by atoms with Gasteiger partial charge in [-0.3, -0.25) is 9.69 Å². The number of aromatic nitrogens is 1. The molecule has 120 valence electrons. The Bertz CT molecular complexity index is 560. The maximum absolute atomic E-state index is 12.5. The van der Waals surface area contributed by atoms with E-state index in [4.69, 9.17) is 0 Å². The lowest BCUT2D eigenvalue weighted by Gasteiger charge is -2.40. The molecule has 3 aliphatic rings. The molecule has 3 fully saturated rings. The van der Waals surface area contributed by atoms with Crippen molar-refractivity contribution in [3.63, 3.8) is 0 Å². The Morgan fingerprint density at radius 1 is 1.23 bits per heavy atom. The molecule has 3 atom stereocenters. The third-order valence-corrected chi connectivity index (χ3v) is 6.67. The van der Waals surface area contributed by atoms with Gasteiger partial charge < -0.3 is 10.0 Å². The van der Waals surface area contributed by atoms with E-state index in [0.717, 1.165) is 44.1 Å². The average molecular weight is 321 g/mol. The fraction of sp³-hybridized carbons (Fsp3) is 0.750. The van der Waals surface area contributed by atoms with Gasteiger partial charge in [0.2, 0.25) is 5.88 Å². The van der Waals surface area contributed by atoms with Crippen LogP contribution < -0.4 is 0 Å². The van der Waals surface area contributed by atoms with Crippen molar-refractivity contribution >= 4 is 17.2 Å². The van der Waals surface area contributed by atoms with Crippen LogP contribution in [0.15, 0.2) is 0 Å². The number of fused-ring (bicyclic) bond motifs is 2. The summed E-state index contributed by atoms with van der Waals surface area (Å²) in [6.45, 7) is 5.32. The molecule has 2 bridgehead atoms. The Kier molecular flexibility index (Phi) is 3.61. The molecule has 4 rings (SSSR count). The lowest BCUT2D eigenvalue weighted by atomic mass is 9.93. The van der Waals surface area contributed by atoms with Crippen molar-refractivity contribution < 1.29 is 9.90 Å². The Hall–Kier alpha value is -1.14. The number of nitrogens with zero attached hydrogens (tertiary/aromatic N) is 3. The average Bonchev–Trinajstić information content (AvgIpc) is 3.23. The summed E-state index contributed by atoms with van der Waals surface area (Å²) in [5.74, 6) is 1.84. The molecule has 1 amide bonds. The number of carbonyl (C=O) groups is 1. The van der Waals surface area contributed by atoms with Crippen LogP contribution in [0.3, 0.4) is 0 Å². The first-order valence-electron chi connectivity index (χ1n) is 8.31. The molecule has 22 heavy (non-hydrogen) atoms. The molecule has 2 aliphatic carbocycles. The molecule has 1 aromatic rings. The number of aromatic hydroxyl groups is 1. The minimum Gasteiger partial charge on any atom is -0.492 e. The molecule has 1 aromatic heterocycles. The number of amides is 1. The number of hydrogen-bond acceptors (Lipinski definition) is 5. The van der Waals surface area contributed by atoms with Gasteiger partial charge in [0, 0.05) is 32.2 Å². The van der Waals surface area contributed by atoms with Crippen molar-refractivity contribution in [3.05, 3.63) is 9.88 Å². The second-order valence-corrected chi connectivity index (χ2v) is 8.17. The largest absolute Gasteiger partial charge is 0.492 e. The number of carbonyl (C=O) groups excluding carboxylic acids is 1. The molecule has 2 heterocycles. The van der Waals surface area contributed by atoms with Crippen LogP contribution in [0.25, 0.3) is 0 Å². The Morgan fingerprint density at radius 2 is 2.00 bits per heavy atom. The monoisotopic (exact) mass is 321 g/mol. The summed E-state index contributed by atoms with van der Waals surface area (Å²) >= 11 is 1.29. The molecular weight excluding hydrogens is 298 g/mol. The van der Waals surface area contributed by atoms with Crippen molar-refractivity contribution in [1.29, 1.82) is 0 Å². The minimum atomic E-state index is -0.0269. The van der Waals surface area contributed by atoms with Crippen LogP contribution in [0.4, 0.5) is 0 Å². The van der Waals surface area contributed by atoms with Gasteiger partial charge in [-0.2, -0.15) is 4.98 Å². The normalized spacial score (nSPS) is 31.9. The highest BCUT2D eigenvalue weighted by Crippen LogP contribution is 2.46. The summed E-state index contributed by atoms with van der Waals surface area (Å²) in [6, 6.07) is 0.766. The number of thiazole rings is 1. The van der Waals surface area contributed by atoms with E-state index in [1.54, 1.807) is 6.92 Å². The zero-order valence-corrected chi connectivity index (χ0v) is 13.8. The predicted molar refractivity (Wildman–Crippen MR) is 85.2 cm³/mol. The van der Waals surface area contributed by atoms with E-state index >= 15 is 0 Å². The fourth-order valence-corrected chi connectivity index (χ4v) is 5.31. The SMILES string of the molecule is Cc1sc(C(=O)N2CCN(C3CC4CCC3C4)CC2)nc1O. The van der Waals surface area contributed by atoms with Gasteiger partial charge in [-0.1, -0.05) is 6.42 Å². The maximum Gasteiger partial charge on any atom is 0.283 e. The van der Waals surface area contributed by atoms with E-state index < -0.39 is 0 Å². The third kappa shape index (κ3) is 2.42. The zero-order chi connectivity index (χ0) is 15.3. The van der Waals surface area contributed by atoms with Gasteiger partial charge in [-0.25, -0.2) is 0 Å². The van der Waals surface area contributed by atoms with Crippen molar-refractivity contribution in [2.75, 3.05) is 26.2 Å². The lowest BCUT2D eigenvalue weighted by molar-refractivity contribution is 0.0495. The highest BCUT2D eigenvalue weighted by atomic mass is 32.1. The van der Waals surface area contributed by atoms with Crippen molar-refractivity contribution in [3.8, 4) is 5.88 Å². The van der Waals surface area contributed by atoms with Crippen molar-refractivity contribution in [2.24, 2.45) is 11.8 Å². The van der Waals surface area contributed by atoms with Crippen LogP contribution in [-0.4, -0.2) is 58.0 Å². The van der Waals surface area contributed by atoms with Gasteiger partial charge in [0.1, 0.15) is 0 Å². The molecule has 1 saturated heterocycles. The van der Waals surface area contributed by atoms with Gasteiger partial charge in [-0.15, -0.1) is 11.3 Å². The van der Waals surface area contributed by atoms with Gasteiger partial charge in [0.05, 0.1) is 4.88 Å². The molecule has 0 aromatic carbocycles. The van der Waals surface area contributed by atoms with Gasteiger partial charge in [-0.05, 0) is 38.0 Å². The molecule has 6 heteroatoms. The minimum absolute atomic E-state index is 0.00559. The Morgan fingerprint density at radius 3 is 2.55 bits per heavy atom. The van der Waals surface area contributed by atoms with Crippen LogP contribution in [0.2, 0.25) is 0 Å². The quantitative estimate of drug-likeness (QED) is 0.906. The first-order valence-corrected chi connectivity index (χ1v) is 9.13. The summed E-state index contributed by atoms with van der Waals surface area (Å²) in [5.41, 5.74) is 0. The van der Waals surface area contributed by atoms with Gasteiger partial charge in [0.25, 0.3) is 5.91 Å². The number of hydrogen-bond donors (Lipinski definition) is 1. The summed E-state index contributed by atoms with van der Waals surface area (Å²) < 4.78 is 0. The number of rotatable bonds is 2. The topological polar surface area (TPSA) is 56.7 Å². The second-order valence-electron chi connectivity index (χ2n) is 6.97. The number of piperazine rings is 1. The van der Waals surface area contributed by atoms with Crippen molar-refractivity contribution in [2.45, 2.75) is 38.6 Å². The molecule has 5 nitrogen and oxygen atoms in total. The summed E-state index contributed by atoms with van der Waals surface area (Å²) in [7, 11) is 0. The van der Waals surface area contributed by atoms with E-state index in [-0.39, 0.29) is 11.8 Å². The number of aryl methyl sites for hydroxylation is 1. The van der Waals surface area contributed by atoms with Crippen LogP contribution in [0.5, 0.6) is 5.88 Å². The predicted octanol–water partition coefficient (Wildman–Crippen LogP) is 2.10. The van der Waals surface area contributed by atoms with E-state index in [9.17, 15) is 9.90 Å². The van der Waals surface area contributed by atoms with Crippen molar-refractivity contribution in [1.82, 2.24) is 14.8 Å². The third-order valence-electron chi connectivity index (χ3n) is 5.73. The van der Waals surface area contributed by atoms with E-state index in [1.807, 2.05) is 4.90 Å². The Labute approximate surface area is 134 Å². The van der Waals surface area contributed by atoms with E-state index in [1.165, 1.54) is 37.0 Å². The molecule has 0 spiro atoms. The first kappa shape index (κ1) is 14.5. The molecular formula is C16H23N3O2S. The molecule has 3 unspecified atom stereocenters. The van der Waals surface area contributed by atoms with Crippen LogP contribution in [0, 0.1) is 18.8 Å². The van der Waals surface area contributed by atoms with Gasteiger partial charge >= 0.3 is 0 Å². The first-order chi connectivity index (χ1) is 10.6. The summed E-state index contributed by atoms with van der Waals surface area (Å²) in [5, 5.41) is 9.97. The molecule has 1 N–H and O–H groups in total. The fourth-order valence-electron chi connectivity index (χ4n) is 4.53. The second kappa shape index (κ2) is 5.49. The Balaban J connectivity index is 1.36. The van der Waals surface area contributed by atoms with Crippen LogP contribution in [0.1, 0.15) is 40.4 Å².